The summed E-state index contributed by atoms with van der Waals surface area (Å²) in [6.07, 6.45) is 0.920. The van der Waals surface area contributed by atoms with E-state index in [4.69, 9.17) is 11.6 Å². The summed E-state index contributed by atoms with van der Waals surface area (Å²) < 4.78 is 13.2. The lowest BCUT2D eigenvalue weighted by Crippen LogP contribution is -2.00. The second-order valence-corrected chi connectivity index (χ2v) is 4.51. The lowest BCUT2D eigenvalue weighted by Gasteiger charge is -2.16. The summed E-state index contributed by atoms with van der Waals surface area (Å²) in [6, 6.07) is 14.5. The zero-order valence-electron chi connectivity index (χ0n) is 9.66. The molecule has 0 aliphatic carbocycles. The third-order valence-corrected chi connectivity index (χ3v) is 3.15. The Kier molecular flexibility index (Phi) is 3.80. The van der Waals surface area contributed by atoms with Gasteiger partial charge >= 0.3 is 0 Å². The first-order valence-corrected chi connectivity index (χ1v) is 6.09. The molecular formula is C15H14ClF. The number of rotatable bonds is 3. The minimum Gasteiger partial charge on any atom is -0.207 e. The van der Waals surface area contributed by atoms with Crippen LogP contribution < -0.4 is 0 Å². The van der Waals surface area contributed by atoms with Crippen LogP contribution in [0, 0.1) is 5.82 Å². The fraction of sp³-hybridized carbons (Fsp3) is 0.200. The molecule has 0 saturated heterocycles. The average Bonchev–Trinajstić information content (AvgIpc) is 2.30. The normalized spacial score (nSPS) is 12.4. The quantitative estimate of drug-likeness (QED) is 0.715. The van der Waals surface area contributed by atoms with Crippen molar-refractivity contribution in [2.75, 3.05) is 0 Å². The highest BCUT2D eigenvalue weighted by Crippen LogP contribution is 2.29. The summed E-state index contributed by atoms with van der Waals surface area (Å²) in [4.78, 5) is 0. The maximum Gasteiger partial charge on any atom is 0.123 e. The van der Waals surface area contributed by atoms with E-state index < -0.39 is 0 Å². The van der Waals surface area contributed by atoms with E-state index in [1.54, 1.807) is 12.1 Å². The van der Waals surface area contributed by atoms with Crippen LogP contribution in [0.5, 0.6) is 0 Å². The Morgan fingerprint density at radius 1 is 1.06 bits per heavy atom. The van der Waals surface area contributed by atoms with Crippen molar-refractivity contribution in [1.82, 2.24) is 0 Å². The monoisotopic (exact) mass is 248 g/mol. The molecule has 0 bridgehead atoms. The van der Waals surface area contributed by atoms with Crippen molar-refractivity contribution in [1.29, 1.82) is 0 Å². The highest BCUT2D eigenvalue weighted by molar-refractivity contribution is 6.30. The van der Waals surface area contributed by atoms with Gasteiger partial charge in [-0.25, -0.2) is 4.39 Å². The Morgan fingerprint density at radius 2 is 1.71 bits per heavy atom. The van der Waals surface area contributed by atoms with E-state index >= 15 is 0 Å². The highest BCUT2D eigenvalue weighted by atomic mass is 35.5. The molecule has 0 fully saturated rings. The van der Waals surface area contributed by atoms with Gasteiger partial charge < -0.3 is 0 Å². The molecule has 88 valence electrons. The third kappa shape index (κ3) is 2.86. The Bertz CT molecular complexity index is 462. The molecule has 0 spiro atoms. The fourth-order valence-corrected chi connectivity index (χ4v) is 2.31. The Hall–Kier alpha value is -1.34. The van der Waals surface area contributed by atoms with Crippen molar-refractivity contribution in [2.45, 2.75) is 19.3 Å². The van der Waals surface area contributed by atoms with Gasteiger partial charge in [0.15, 0.2) is 0 Å². The van der Waals surface area contributed by atoms with E-state index in [9.17, 15) is 4.39 Å². The van der Waals surface area contributed by atoms with Crippen LogP contribution in [0.3, 0.4) is 0 Å². The minimum atomic E-state index is -0.192. The van der Waals surface area contributed by atoms with Crippen LogP contribution in [-0.2, 0) is 0 Å². The molecule has 0 saturated carbocycles. The smallest absolute Gasteiger partial charge is 0.123 e. The minimum absolute atomic E-state index is 0.192. The first-order chi connectivity index (χ1) is 8.20. The topological polar surface area (TPSA) is 0 Å². The average molecular weight is 249 g/mol. The number of benzene rings is 2. The first-order valence-electron chi connectivity index (χ1n) is 5.71. The molecule has 1 atom stereocenters. The van der Waals surface area contributed by atoms with Crippen LogP contribution >= 0.6 is 11.6 Å². The maximum atomic E-state index is 13.2. The molecule has 0 radical (unpaired) electrons. The molecule has 1 unspecified atom stereocenters. The van der Waals surface area contributed by atoms with Gasteiger partial charge in [-0.3, -0.25) is 0 Å². The second kappa shape index (κ2) is 5.33. The third-order valence-electron chi connectivity index (χ3n) is 2.91. The molecule has 0 heterocycles. The summed E-state index contributed by atoms with van der Waals surface area (Å²) in [5.41, 5.74) is 2.13. The fourth-order valence-electron chi connectivity index (χ4n) is 2.11. The largest absolute Gasteiger partial charge is 0.207 e. The summed E-state index contributed by atoms with van der Waals surface area (Å²) in [5.74, 6) is 0.00683. The molecular weight excluding hydrogens is 235 g/mol. The predicted octanol–water partition coefficient (Wildman–Crippen LogP) is 5.02. The van der Waals surface area contributed by atoms with E-state index in [0.717, 1.165) is 22.6 Å². The summed E-state index contributed by atoms with van der Waals surface area (Å²) in [5, 5.41) is 0.720. The van der Waals surface area contributed by atoms with Crippen molar-refractivity contribution in [3.8, 4) is 0 Å². The summed E-state index contributed by atoms with van der Waals surface area (Å²) in [6.45, 7) is 2.09. The molecule has 0 nitrogen and oxygen atoms in total. The predicted molar refractivity (Wildman–Crippen MR) is 70.0 cm³/mol. The molecule has 2 heteroatoms. The molecule has 0 aliphatic heterocycles. The molecule has 2 aromatic rings. The zero-order chi connectivity index (χ0) is 12.3. The lowest BCUT2D eigenvalue weighted by atomic mass is 9.89. The number of halogens is 2. The molecule has 17 heavy (non-hydrogen) atoms. The summed E-state index contributed by atoms with van der Waals surface area (Å²) >= 11 is 5.99. The number of hydrogen-bond donors (Lipinski definition) is 0. The van der Waals surface area contributed by atoms with Gasteiger partial charge in [-0.15, -0.1) is 0 Å². The molecule has 2 rings (SSSR count). The molecule has 0 aromatic heterocycles. The van der Waals surface area contributed by atoms with Crippen molar-refractivity contribution in [2.24, 2.45) is 0 Å². The van der Waals surface area contributed by atoms with E-state index in [-0.39, 0.29) is 11.7 Å². The van der Waals surface area contributed by atoms with Gasteiger partial charge in [0.1, 0.15) is 5.82 Å². The van der Waals surface area contributed by atoms with Crippen molar-refractivity contribution in [3.05, 3.63) is 70.5 Å². The van der Waals surface area contributed by atoms with Crippen LogP contribution in [0.4, 0.5) is 4.39 Å². The molecule has 0 aliphatic rings. The van der Waals surface area contributed by atoms with Gasteiger partial charge in [0.05, 0.1) is 0 Å². The van der Waals surface area contributed by atoms with Crippen LogP contribution in [0.2, 0.25) is 5.02 Å². The van der Waals surface area contributed by atoms with Crippen LogP contribution in [0.15, 0.2) is 48.5 Å². The van der Waals surface area contributed by atoms with Gasteiger partial charge in [-0.2, -0.15) is 0 Å². The molecule has 0 amide bonds. The van der Waals surface area contributed by atoms with E-state index in [0.29, 0.717) is 0 Å². The van der Waals surface area contributed by atoms with Gasteiger partial charge in [-0.05, 0) is 41.8 Å². The van der Waals surface area contributed by atoms with Crippen LogP contribution in [-0.4, -0.2) is 0 Å². The molecule has 0 N–H and O–H groups in total. The van der Waals surface area contributed by atoms with Gasteiger partial charge in [0, 0.05) is 10.9 Å². The Labute approximate surface area is 106 Å². The first kappa shape index (κ1) is 12.1. The second-order valence-electron chi connectivity index (χ2n) is 4.07. The van der Waals surface area contributed by atoms with Crippen molar-refractivity contribution in [3.63, 3.8) is 0 Å². The zero-order valence-corrected chi connectivity index (χ0v) is 10.4. The Balaban J connectivity index is 2.40. The van der Waals surface area contributed by atoms with Gasteiger partial charge in [0.25, 0.3) is 0 Å². The Morgan fingerprint density at radius 3 is 2.29 bits per heavy atom. The van der Waals surface area contributed by atoms with E-state index in [1.165, 1.54) is 6.07 Å². The SMILES string of the molecule is CCC(c1cccc(F)c1)c1cccc(Cl)c1. The van der Waals surface area contributed by atoms with Gasteiger partial charge in [0.2, 0.25) is 0 Å². The summed E-state index contributed by atoms with van der Waals surface area (Å²) in [7, 11) is 0. The van der Waals surface area contributed by atoms with Crippen LogP contribution in [0.1, 0.15) is 30.4 Å². The van der Waals surface area contributed by atoms with Crippen molar-refractivity contribution < 1.29 is 4.39 Å². The van der Waals surface area contributed by atoms with Crippen molar-refractivity contribution >= 4 is 11.6 Å². The maximum absolute atomic E-state index is 13.2. The van der Waals surface area contributed by atoms with Crippen LogP contribution in [0.25, 0.3) is 0 Å². The number of hydrogen-bond acceptors (Lipinski definition) is 0. The highest BCUT2D eigenvalue weighted by Gasteiger charge is 2.12. The molecule has 2 aromatic carbocycles. The van der Waals surface area contributed by atoms with E-state index in [1.807, 2.05) is 30.3 Å². The van der Waals surface area contributed by atoms with E-state index in [2.05, 4.69) is 6.92 Å². The van der Waals surface area contributed by atoms with Gasteiger partial charge in [-0.1, -0.05) is 42.8 Å². The standard InChI is InChI=1S/C15H14ClF/c1-2-15(11-5-3-7-13(16)9-11)12-6-4-8-14(17)10-12/h3-10,15H,2H2,1H3. The lowest BCUT2D eigenvalue weighted by molar-refractivity contribution is 0.622.